The molecule has 2 aromatic heterocycles. The third kappa shape index (κ3) is 3.36. The average molecular weight is 428 g/mol. The Morgan fingerprint density at radius 2 is 1.89 bits per heavy atom. The second-order valence-corrected chi connectivity index (χ2v) is 9.63. The van der Waals surface area contributed by atoms with Gasteiger partial charge in [-0.1, -0.05) is 29.4 Å². The van der Waals surface area contributed by atoms with Gasteiger partial charge in [0.05, 0.1) is 9.77 Å². The number of fused-ring (bicyclic) bond motifs is 1. The fourth-order valence-corrected chi connectivity index (χ4v) is 6.12. The molecule has 3 aromatic rings. The molecule has 0 atom stereocenters. The largest absolute Gasteiger partial charge is 0.452 e. The summed E-state index contributed by atoms with van der Waals surface area (Å²) < 4.78 is 70.2. The first kappa shape index (κ1) is 19.2. The summed E-state index contributed by atoms with van der Waals surface area (Å²) in [5.41, 5.74) is 2.04. The molecule has 3 heterocycles. The van der Waals surface area contributed by atoms with Crippen molar-refractivity contribution in [3.63, 3.8) is 0 Å². The van der Waals surface area contributed by atoms with E-state index in [1.807, 2.05) is 24.3 Å². The topological polar surface area (TPSA) is 63.4 Å². The number of sulfonamides is 1. The zero-order valence-electron chi connectivity index (χ0n) is 14.7. The molecule has 0 bridgehead atoms. The van der Waals surface area contributed by atoms with Crippen LogP contribution in [0.1, 0.15) is 21.8 Å². The lowest BCUT2D eigenvalue weighted by molar-refractivity contribution is -0.155. The number of hydrogen-bond acceptors (Lipinski definition) is 5. The second kappa shape index (κ2) is 6.71. The van der Waals surface area contributed by atoms with Crippen molar-refractivity contribution in [2.75, 3.05) is 6.54 Å². The lowest BCUT2D eigenvalue weighted by Crippen LogP contribution is -2.36. The Bertz CT molecular complexity index is 1130. The van der Waals surface area contributed by atoms with Crippen LogP contribution in [0.3, 0.4) is 0 Å². The average Bonchev–Trinajstić information content (AvgIpc) is 3.28. The molecule has 5 nitrogen and oxygen atoms in total. The van der Waals surface area contributed by atoms with Crippen LogP contribution in [0.4, 0.5) is 13.2 Å². The maximum Gasteiger partial charge on any atom is 0.452 e. The Balaban J connectivity index is 1.66. The van der Waals surface area contributed by atoms with Gasteiger partial charge in [-0.3, -0.25) is 0 Å². The first-order valence-electron chi connectivity index (χ1n) is 8.38. The number of hydrogen-bond donors (Lipinski definition) is 0. The molecular weight excluding hydrogens is 413 g/mol. The molecule has 0 radical (unpaired) electrons. The van der Waals surface area contributed by atoms with Gasteiger partial charge in [0.1, 0.15) is 5.69 Å². The van der Waals surface area contributed by atoms with Crippen molar-refractivity contribution in [1.29, 1.82) is 0 Å². The molecule has 0 saturated heterocycles. The van der Waals surface area contributed by atoms with Crippen LogP contribution in [-0.2, 0) is 29.2 Å². The quantitative estimate of drug-likeness (QED) is 0.617. The second-order valence-electron chi connectivity index (χ2n) is 6.46. The summed E-state index contributed by atoms with van der Waals surface area (Å²) in [6.45, 7) is 2.25. The highest BCUT2D eigenvalue weighted by Crippen LogP contribution is 2.38. The Hall–Kier alpha value is -2.17. The van der Waals surface area contributed by atoms with E-state index in [9.17, 15) is 21.6 Å². The van der Waals surface area contributed by atoms with E-state index in [2.05, 4.69) is 9.68 Å². The molecule has 0 saturated carbocycles. The van der Waals surface area contributed by atoms with Crippen molar-refractivity contribution in [1.82, 2.24) is 9.46 Å². The van der Waals surface area contributed by atoms with Gasteiger partial charge < -0.3 is 4.52 Å². The van der Waals surface area contributed by atoms with E-state index >= 15 is 0 Å². The van der Waals surface area contributed by atoms with E-state index in [1.165, 1.54) is 10.4 Å². The minimum atomic E-state index is -4.65. The molecule has 4 rings (SSSR count). The molecule has 0 aliphatic carbocycles. The molecule has 1 aromatic carbocycles. The lowest BCUT2D eigenvalue weighted by atomic mass is 10.0. The normalized spacial score (nSPS) is 15.6. The van der Waals surface area contributed by atoms with Gasteiger partial charge in [0.25, 0.3) is 0 Å². The maximum atomic E-state index is 13.1. The third-order valence-corrected chi connectivity index (χ3v) is 7.80. The number of nitrogens with zero attached hydrogens (tertiary/aromatic N) is 2. The molecule has 0 amide bonds. The molecule has 28 heavy (non-hydrogen) atoms. The van der Waals surface area contributed by atoms with Crippen LogP contribution in [0, 0.1) is 6.92 Å². The van der Waals surface area contributed by atoms with Crippen LogP contribution in [0.2, 0.25) is 0 Å². The van der Waals surface area contributed by atoms with Gasteiger partial charge >= 0.3 is 6.18 Å². The van der Waals surface area contributed by atoms with Crippen LogP contribution in [0.5, 0.6) is 0 Å². The summed E-state index contributed by atoms with van der Waals surface area (Å²) in [5, 5.41) is 3.44. The Morgan fingerprint density at radius 3 is 2.57 bits per heavy atom. The van der Waals surface area contributed by atoms with Crippen molar-refractivity contribution in [3.8, 4) is 10.6 Å². The first-order valence-corrected chi connectivity index (χ1v) is 10.6. The minimum Gasteiger partial charge on any atom is -0.351 e. The predicted molar refractivity (Wildman–Crippen MR) is 97.3 cm³/mol. The molecule has 10 heteroatoms. The van der Waals surface area contributed by atoms with Crippen molar-refractivity contribution < 1.29 is 26.1 Å². The Labute approximate surface area is 163 Å². The van der Waals surface area contributed by atoms with E-state index in [0.717, 1.165) is 28.5 Å². The number of benzene rings is 1. The number of alkyl halides is 3. The number of aromatic nitrogens is 1. The van der Waals surface area contributed by atoms with E-state index < -0.39 is 22.0 Å². The summed E-state index contributed by atoms with van der Waals surface area (Å²) in [6.07, 6.45) is -4.03. The van der Waals surface area contributed by atoms with Gasteiger partial charge in [-0.25, -0.2) is 8.42 Å². The molecular formula is C18H15F3N2O3S2. The van der Waals surface area contributed by atoms with Gasteiger partial charge in [0, 0.05) is 24.0 Å². The molecule has 0 unspecified atom stereocenters. The van der Waals surface area contributed by atoms with Gasteiger partial charge in [0.15, 0.2) is 0 Å². The van der Waals surface area contributed by atoms with Gasteiger partial charge in [-0.15, -0.1) is 11.3 Å². The fourth-order valence-electron chi connectivity index (χ4n) is 3.19. The lowest BCUT2D eigenvalue weighted by Gasteiger charge is -2.28. The van der Waals surface area contributed by atoms with E-state index in [0.29, 0.717) is 22.7 Å². The summed E-state index contributed by atoms with van der Waals surface area (Å²) in [4.78, 5) is 0.890. The van der Waals surface area contributed by atoms with Crippen LogP contribution in [0.25, 0.3) is 10.6 Å². The van der Waals surface area contributed by atoms with Crippen LogP contribution in [0.15, 0.2) is 45.8 Å². The molecule has 0 N–H and O–H groups in total. The van der Waals surface area contributed by atoms with E-state index in [1.54, 1.807) is 6.92 Å². The van der Waals surface area contributed by atoms with Crippen molar-refractivity contribution in [2.24, 2.45) is 0 Å². The molecule has 0 spiro atoms. The number of halogens is 3. The van der Waals surface area contributed by atoms with E-state index in [4.69, 9.17) is 0 Å². The van der Waals surface area contributed by atoms with Crippen LogP contribution < -0.4 is 0 Å². The summed E-state index contributed by atoms with van der Waals surface area (Å²) in [7, 11) is -3.78. The van der Waals surface area contributed by atoms with Gasteiger partial charge in [0.2, 0.25) is 15.8 Å². The number of thiophene rings is 1. The van der Waals surface area contributed by atoms with E-state index in [-0.39, 0.29) is 17.1 Å². The van der Waals surface area contributed by atoms with Crippen LogP contribution in [-0.4, -0.2) is 24.4 Å². The SMILES string of the molecule is Cc1sc(-c2cc(C(F)(F)F)on2)cc1S(=O)(=O)N1CCc2ccccc2C1. The molecule has 1 aliphatic heterocycles. The predicted octanol–water partition coefficient (Wildman–Crippen LogP) is 4.48. The highest BCUT2D eigenvalue weighted by atomic mass is 32.2. The Kier molecular flexibility index (Phi) is 4.59. The minimum absolute atomic E-state index is 0.0362. The summed E-state index contributed by atoms with van der Waals surface area (Å²) in [5.74, 6) is -1.22. The Morgan fingerprint density at radius 1 is 1.18 bits per heavy atom. The fraction of sp³-hybridized carbons (Fsp3) is 0.278. The van der Waals surface area contributed by atoms with Crippen molar-refractivity contribution >= 4 is 21.4 Å². The van der Waals surface area contributed by atoms with Gasteiger partial charge in [-0.2, -0.15) is 17.5 Å². The summed E-state index contributed by atoms with van der Waals surface area (Å²) in [6, 6.07) is 9.82. The maximum absolute atomic E-state index is 13.1. The first-order chi connectivity index (χ1) is 13.2. The van der Waals surface area contributed by atoms with Gasteiger partial charge in [-0.05, 0) is 30.5 Å². The highest BCUT2D eigenvalue weighted by molar-refractivity contribution is 7.89. The molecule has 0 fully saturated rings. The number of rotatable bonds is 3. The standard InChI is InChI=1S/C18H15F3N2O3S2/c1-11-16(9-15(27-11)14-8-17(26-22-14)18(19,20)21)28(24,25)23-7-6-12-4-2-3-5-13(12)10-23/h2-5,8-9H,6-7,10H2,1H3. The molecule has 1 aliphatic rings. The van der Waals surface area contributed by atoms with Crippen molar-refractivity contribution in [2.45, 2.75) is 31.0 Å². The van der Waals surface area contributed by atoms with Crippen LogP contribution >= 0.6 is 11.3 Å². The monoisotopic (exact) mass is 428 g/mol. The number of aryl methyl sites for hydroxylation is 1. The van der Waals surface area contributed by atoms with Crippen molar-refractivity contribution in [3.05, 3.63) is 58.2 Å². The third-order valence-electron chi connectivity index (χ3n) is 4.63. The highest BCUT2D eigenvalue weighted by Gasteiger charge is 2.37. The zero-order valence-corrected chi connectivity index (χ0v) is 16.3. The zero-order chi connectivity index (χ0) is 20.1. The molecule has 148 valence electrons. The summed E-state index contributed by atoms with van der Waals surface area (Å²) >= 11 is 1.07. The smallest absolute Gasteiger partial charge is 0.351 e.